The first-order chi connectivity index (χ1) is 14.6. The molecule has 1 aliphatic rings. The van der Waals surface area contributed by atoms with Crippen LogP contribution in [0.25, 0.3) is 0 Å². The summed E-state index contributed by atoms with van der Waals surface area (Å²) in [5, 5.41) is 3.03. The van der Waals surface area contributed by atoms with Gasteiger partial charge in [-0.2, -0.15) is 0 Å². The van der Waals surface area contributed by atoms with Crippen LogP contribution < -0.4 is 10.1 Å². The van der Waals surface area contributed by atoms with Crippen LogP contribution in [-0.4, -0.2) is 49.9 Å². The number of hydrogen-bond acceptors (Lipinski definition) is 4. The lowest BCUT2D eigenvalue weighted by molar-refractivity contribution is 0.00857. The van der Waals surface area contributed by atoms with E-state index in [1.807, 2.05) is 59.5 Å². The Bertz CT molecular complexity index is 782. The molecular weight excluding hydrogens is 380 g/mol. The number of urea groups is 1. The maximum Gasteiger partial charge on any atom is 0.322 e. The first-order valence-corrected chi connectivity index (χ1v) is 10.6. The Kier molecular flexibility index (Phi) is 8.53. The Morgan fingerprint density at radius 2 is 2.00 bits per heavy atom. The largest absolute Gasteiger partial charge is 0.491 e. The number of morpholine rings is 1. The molecule has 1 unspecified atom stereocenters. The molecule has 3 rings (SSSR count). The lowest BCUT2D eigenvalue weighted by Gasteiger charge is -2.36. The van der Waals surface area contributed by atoms with Crippen LogP contribution in [0.1, 0.15) is 25.8 Å². The average Bonchev–Trinajstić information content (AvgIpc) is 2.74. The van der Waals surface area contributed by atoms with Gasteiger partial charge >= 0.3 is 6.03 Å². The van der Waals surface area contributed by atoms with Crippen molar-refractivity contribution in [1.29, 1.82) is 0 Å². The monoisotopic (exact) mass is 412 g/mol. The third-order valence-corrected chi connectivity index (χ3v) is 4.92. The summed E-state index contributed by atoms with van der Waals surface area (Å²) in [6, 6.07) is 17.5. The van der Waals surface area contributed by atoms with Crippen molar-refractivity contribution in [2.24, 2.45) is 5.92 Å². The van der Waals surface area contributed by atoms with Crippen molar-refractivity contribution in [3.63, 3.8) is 0 Å². The third kappa shape index (κ3) is 7.04. The zero-order valence-corrected chi connectivity index (χ0v) is 17.9. The first-order valence-electron chi connectivity index (χ1n) is 10.6. The number of carbonyl (C=O) groups excluding carboxylic acids is 1. The predicted octanol–water partition coefficient (Wildman–Crippen LogP) is 4.56. The van der Waals surface area contributed by atoms with Crippen LogP contribution in [0.4, 0.5) is 10.5 Å². The van der Waals surface area contributed by atoms with Crippen molar-refractivity contribution >= 4 is 11.7 Å². The molecule has 6 nitrogen and oxygen atoms in total. The number of benzene rings is 2. The van der Waals surface area contributed by atoms with Gasteiger partial charge in [-0.3, -0.25) is 0 Å². The number of nitrogens with one attached hydrogen (secondary N) is 1. The number of carbonyl (C=O) groups is 1. The molecule has 0 radical (unpaired) electrons. The molecule has 1 N–H and O–H groups in total. The molecule has 1 heterocycles. The smallest absolute Gasteiger partial charge is 0.322 e. The molecule has 2 amide bonds. The molecule has 2 aromatic carbocycles. The molecule has 0 spiro atoms. The molecular formula is C24H32N2O4. The van der Waals surface area contributed by atoms with Gasteiger partial charge in [0.15, 0.2) is 0 Å². The number of anilines is 1. The SMILES string of the molecule is CC(C)CC1COCCN1C(=O)Nc1cccc(COCCOc2ccccc2)c1. The number of rotatable bonds is 9. The van der Waals surface area contributed by atoms with Crippen LogP contribution in [0.3, 0.4) is 0 Å². The second-order valence-corrected chi connectivity index (χ2v) is 7.90. The van der Waals surface area contributed by atoms with Crippen LogP contribution >= 0.6 is 0 Å². The summed E-state index contributed by atoms with van der Waals surface area (Å²) < 4.78 is 16.9. The Labute approximate surface area is 179 Å². The van der Waals surface area contributed by atoms with Crippen LogP contribution in [0.5, 0.6) is 5.75 Å². The molecule has 1 fully saturated rings. The molecule has 1 aliphatic heterocycles. The van der Waals surface area contributed by atoms with Gasteiger partial charge in [-0.25, -0.2) is 4.79 Å². The van der Waals surface area contributed by atoms with Crippen LogP contribution in [0.2, 0.25) is 0 Å². The highest BCUT2D eigenvalue weighted by Gasteiger charge is 2.27. The zero-order valence-electron chi connectivity index (χ0n) is 17.9. The maximum atomic E-state index is 12.8. The molecule has 0 aromatic heterocycles. The highest BCUT2D eigenvalue weighted by Crippen LogP contribution is 2.18. The van der Waals surface area contributed by atoms with E-state index in [9.17, 15) is 4.79 Å². The van der Waals surface area contributed by atoms with E-state index in [4.69, 9.17) is 14.2 Å². The fourth-order valence-corrected chi connectivity index (χ4v) is 3.52. The number of hydrogen-bond donors (Lipinski definition) is 1. The molecule has 0 bridgehead atoms. The second-order valence-electron chi connectivity index (χ2n) is 7.90. The number of para-hydroxylation sites is 1. The Morgan fingerprint density at radius 1 is 1.17 bits per heavy atom. The van der Waals surface area contributed by atoms with E-state index in [0.717, 1.165) is 23.4 Å². The molecule has 0 saturated carbocycles. The van der Waals surface area contributed by atoms with Gasteiger partial charge in [0.1, 0.15) is 12.4 Å². The third-order valence-electron chi connectivity index (χ3n) is 4.92. The number of ether oxygens (including phenoxy) is 3. The molecule has 2 aromatic rings. The van der Waals surface area contributed by atoms with Gasteiger partial charge in [0, 0.05) is 12.2 Å². The number of nitrogens with zero attached hydrogens (tertiary/aromatic N) is 1. The van der Waals surface area contributed by atoms with Crippen molar-refractivity contribution in [3.05, 3.63) is 60.2 Å². The lowest BCUT2D eigenvalue weighted by Crippen LogP contribution is -2.50. The van der Waals surface area contributed by atoms with Gasteiger partial charge in [-0.15, -0.1) is 0 Å². The normalized spacial score (nSPS) is 16.5. The summed E-state index contributed by atoms with van der Waals surface area (Å²) in [6.45, 7) is 7.59. The Balaban J connectivity index is 1.45. The topological polar surface area (TPSA) is 60.0 Å². The molecule has 30 heavy (non-hydrogen) atoms. The van der Waals surface area contributed by atoms with Gasteiger partial charge in [0.25, 0.3) is 0 Å². The molecule has 162 valence electrons. The fraction of sp³-hybridized carbons (Fsp3) is 0.458. The minimum absolute atomic E-state index is 0.0710. The van der Waals surface area contributed by atoms with E-state index < -0.39 is 0 Å². The minimum Gasteiger partial charge on any atom is -0.491 e. The molecule has 1 atom stereocenters. The Morgan fingerprint density at radius 3 is 2.80 bits per heavy atom. The van der Waals surface area contributed by atoms with Gasteiger partial charge in [-0.1, -0.05) is 44.2 Å². The van der Waals surface area contributed by atoms with Gasteiger partial charge < -0.3 is 24.4 Å². The molecule has 0 aliphatic carbocycles. The first kappa shape index (κ1) is 22.1. The highest BCUT2D eigenvalue weighted by molar-refractivity contribution is 5.89. The summed E-state index contributed by atoms with van der Waals surface area (Å²) in [7, 11) is 0. The summed E-state index contributed by atoms with van der Waals surface area (Å²) >= 11 is 0. The van der Waals surface area contributed by atoms with Crippen molar-refractivity contribution < 1.29 is 19.0 Å². The lowest BCUT2D eigenvalue weighted by atomic mass is 10.0. The predicted molar refractivity (Wildman–Crippen MR) is 118 cm³/mol. The highest BCUT2D eigenvalue weighted by atomic mass is 16.5. The maximum absolute atomic E-state index is 12.8. The van der Waals surface area contributed by atoms with E-state index in [-0.39, 0.29) is 12.1 Å². The van der Waals surface area contributed by atoms with E-state index in [1.165, 1.54) is 0 Å². The quantitative estimate of drug-likeness (QED) is 0.614. The van der Waals surface area contributed by atoms with Crippen molar-refractivity contribution in [3.8, 4) is 5.75 Å². The van der Waals surface area contributed by atoms with Crippen molar-refractivity contribution in [1.82, 2.24) is 4.90 Å². The summed E-state index contributed by atoms with van der Waals surface area (Å²) in [5.41, 5.74) is 1.78. The van der Waals surface area contributed by atoms with Gasteiger partial charge in [-0.05, 0) is 42.2 Å². The minimum atomic E-state index is -0.0710. The Hall–Kier alpha value is -2.57. The van der Waals surface area contributed by atoms with E-state index in [0.29, 0.717) is 45.5 Å². The van der Waals surface area contributed by atoms with Crippen LogP contribution in [0, 0.1) is 5.92 Å². The summed E-state index contributed by atoms with van der Waals surface area (Å²) in [4.78, 5) is 14.7. The number of amides is 2. The van der Waals surface area contributed by atoms with Crippen LogP contribution in [-0.2, 0) is 16.1 Å². The van der Waals surface area contributed by atoms with E-state index >= 15 is 0 Å². The fourth-order valence-electron chi connectivity index (χ4n) is 3.52. The standard InChI is InChI=1S/C24H32N2O4/c1-19(2)15-22-18-28-12-11-26(22)24(27)25-21-8-6-7-20(16-21)17-29-13-14-30-23-9-4-3-5-10-23/h3-10,16,19,22H,11-15,17-18H2,1-2H3,(H,25,27). The van der Waals surface area contributed by atoms with E-state index in [2.05, 4.69) is 19.2 Å². The van der Waals surface area contributed by atoms with Gasteiger partial charge in [0.2, 0.25) is 0 Å². The molecule has 6 heteroatoms. The summed E-state index contributed by atoms with van der Waals surface area (Å²) in [6.07, 6.45) is 0.937. The average molecular weight is 413 g/mol. The van der Waals surface area contributed by atoms with Crippen LogP contribution in [0.15, 0.2) is 54.6 Å². The van der Waals surface area contributed by atoms with Crippen molar-refractivity contribution in [2.45, 2.75) is 32.9 Å². The molecule has 1 saturated heterocycles. The second kappa shape index (κ2) is 11.6. The van der Waals surface area contributed by atoms with Gasteiger partial charge in [0.05, 0.1) is 32.5 Å². The zero-order chi connectivity index (χ0) is 21.2. The van der Waals surface area contributed by atoms with E-state index in [1.54, 1.807) is 0 Å². The van der Waals surface area contributed by atoms with Crippen molar-refractivity contribution in [2.75, 3.05) is 38.3 Å². The summed E-state index contributed by atoms with van der Waals surface area (Å²) in [5.74, 6) is 1.35.